The van der Waals surface area contributed by atoms with E-state index in [-0.39, 0.29) is 5.91 Å². The molecule has 1 aromatic carbocycles. The second kappa shape index (κ2) is 4.97. The van der Waals surface area contributed by atoms with Crippen molar-refractivity contribution in [3.63, 3.8) is 0 Å². The zero-order valence-corrected chi connectivity index (χ0v) is 12.0. The minimum Gasteiger partial charge on any atom is -0.378 e. The Kier molecular flexibility index (Phi) is 3.15. The molecule has 1 amide bonds. The largest absolute Gasteiger partial charge is 0.378 e. The Bertz CT molecular complexity index is 742. The summed E-state index contributed by atoms with van der Waals surface area (Å²) in [4.78, 5) is 15.1. The van der Waals surface area contributed by atoms with Gasteiger partial charge in [0.1, 0.15) is 10.6 Å². The van der Waals surface area contributed by atoms with Gasteiger partial charge in [-0.2, -0.15) is 5.10 Å². The van der Waals surface area contributed by atoms with Crippen LogP contribution in [0.4, 0.5) is 11.5 Å². The van der Waals surface area contributed by atoms with E-state index in [1.165, 1.54) is 11.3 Å². The summed E-state index contributed by atoms with van der Waals surface area (Å²) in [6.45, 7) is 0. The highest BCUT2D eigenvalue weighted by atomic mass is 32.1. The van der Waals surface area contributed by atoms with E-state index < -0.39 is 0 Å². The quantitative estimate of drug-likeness (QED) is 0.778. The van der Waals surface area contributed by atoms with Crippen molar-refractivity contribution in [1.82, 2.24) is 10.2 Å². The molecule has 0 spiro atoms. The lowest BCUT2D eigenvalue weighted by Crippen LogP contribution is -2.13. The summed E-state index contributed by atoms with van der Waals surface area (Å²) in [5.74, 6) is 0.495. The molecule has 0 saturated heterocycles. The predicted octanol–water partition coefficient (Wildman–Crippen LogP) is 2.94. The number of H-pyrrole nitrogens is 1. The van der Waals surface area contributed by atoms with E-state index in [1.807, 2.05) is 54.7 Å². The number of carbonyl (C=O) groups excluding carboxylic acids is 1. The number of amides is 1. The van der Waals surface area contributed by atoms with Gasteiger partial charge in [-0.1, -0.05) is 0 Å². The summed E-state index contributed by atoms with van der Waals surface area (Å²) in [7, 11) is 3.93. The maximum absolute atomic E-state index is 12.2. The third-order valence-electron chi connectivity index (χ3n) is 3.07. The predicted molar refractivity (Wildman–Crippen MR) is 82.7 cm³/mol. The Morgan fingerprint density at radius 2 is 2.00 bits per heavy atom. The number of nitrogens with one attached hydrogen (secondary N) is 2. The second-order valence-corrected chi connectivity index (χ2v) is 5.53. The van der Waals surface area contributed by atoms with Crippen molar-refractivity contribution >= 4 is 39.0 Å². The lowest BCUT2D eigenvalue weighted by atomic mass is 10.2. The molecule has 0 fully saturated rings. The van der Waals surface area contributed by atoms with Gasteiger partial charge in [0.15, 0.2) is 0 Å². The molecular weight excluding hydrogens is 272 g/mol. The number of aromatic nitrogens is 2. The highest BCUT2D eigenvalue weighted by molar-refractivity contribution is 7.16. The van der Waals surface area contributed by atoms with Crippen molar-refractivity contribution in [2.75, 3.05) is 24.3 Å². The summed E-state index contributed by atoms with van der Waals surface area (Å²) in [5.41, 5.74) is 1.68. The van der Waals surface area contributed by atoms with E-state index in [0.717, 1.165) is 15.9 Å². The first-order valence-corrected chi connectivity index (χ1v) is 7.03. The van der Waals surface area contributed by atoms with Crippen LogP contribution in [0, 0.1) is 0 Å². The number of nitrogens with zero attached hydrogens (tertiary/aromatic N) is 2. The number of fused-ring (bicyclic) bond motifs is 1. The van der Waals surface area contributed by atoms with E-state index in [2.05, 4.69) is 15.5 Å². The van der Waals surface area contributed by atoms with Crippen molar-refractivity contribution in [2.45, 2.75) is 0 Å². The van der Waals surface area contributed by atoms with Gasteiger partial charge in [-0.25, -0.2) is 0 Å². The number of anilines is 2. The van der Waals surface area contributed by atoms with E-state index in [1.54, 1.807) is 0 Å². The first kappa shape index (κ1) is 12.7. The molecule has 0 aliphatic rings. The van der Waals surface area contributed by atoms with Gasteiger partial charge in [0.05, 0.1) is 5.39 Å². The molecule has 5 nitrogen and oxygen atoms in total. The van der Waals surface area contributed by atoms with Crippen LogP contribution in [0.15, 0.2) is 35.7 Å². The molecule has 2 aromatic heterocycles. The van der Waals surface area contributed by atoms with Crippen LogP contribution in [0.25, 0.3) is 10.2 Å². The van der Waals surface area contributed by atoms with Crippen LogP contribution in [0.2, 0.25) is 0 Å². The Morgan fingerprint density at radius 3 is 2.70 bits per heavy atom. The Hall–Kier alpha value is -2.34. The van der Waals surface area contributed by atoms with Crippen LogP contribution >= 0.6 is 11.3 Å². The van der Waals surface area contributed by atoms with Gasteiger partial charge in [-0.05, 0) is 35.7 Å². The normalized spacial score (nSPS) is 10.7. The maximum atomic E-state index is 12.2. The summed E-state index contributed by atoms with van der Waals surface area (Å²) >= 11 is 1.54. The van der Waals surface area contributed by atoms with Crippen LogP contribution in [-0.2, 0) is 0 Å². The SMILES string of the molecule is CN(C)c1ccc(C(=O)Nc2[nH]nc3sccc23)cc1. The molecule has 0 bridgehead atoms. The molecule has 0 aliphatic heterocycles. The average molecular weight is 286 g/mol. The molecule has 6 heteroatoms. The smallest absolute Gasteiger partial charge is 0.256 e. The first-order chi connectivity index (χ1) is 9.65. The molecule has 3 aromatic rings. The number of benzene rings is 1. The molecule has 0 saturated carbocycles. The fourth-order valence-electron chi connectivity index (χ4n) is 1.94. The molecule has 0 atom stereocenters. The van der Waals surface area contributed by atoms with Gasteiger partial charge in [-0.3, -0.25) is 9.89 Å². The average Bonchev–Trinajstić information content (AvgIpc) is 3.04. The lowest BCUT2D eigenvalue weighted by molar-refractivity contribution is 0.102. The number of carbonyl (C=O) groups is 1. The fraction of sp³-hybridized carbons (Fsp3) is 0.143. The van der Waals surface area contributed by atoms with Crippen molar-refractivity contribution in [3.8, 4) is 0 Å². The zero-order chi connectivity index (χ0) is 14.1. The molecular formula is C14H14N4OS. The molecule has 2 N–H and O–H groups in total. The minimum absolute atomic E-state index is 0.146. The summed E-state index contributed by atoms with van der Waals surface area (Å²) in [6.07, 6.45) is 0. The molecule has 0 radical (unpaired) electrons. The van der Waals surface area contributed by atoms with Gasteiger partial charge >= 0.3 is 0 Å². The molecule has 0 unspecified atom stereocenters. The third-order valence-corrected chi connectivity index (χ3v) is 3.87. The van der Waals surface area contributed by atoms with Gasteiger partial charge in [0, 0.05) is 25.3 Å². The Morgan fingerprint density at radius 1 is 1.25 bits per heavy atom. The lowest BCUT2D eigenvalue weighted by Gasteiger charge is -2.12. The Labute approximate surface area is 120 Å². The number of thiophene rings is 1. The van der Waals surface area contributed by atoms with Crippen molar-refractivity contribution in [1.29, 1.82) is 0 Å². The number of hydrogen-bond acceptors (Lipinski definition) is 4. The van der Waals surface area contributed by atoms with Gasteiger partial charge in [-0.15, -0.1) is 11.3 Å². The molecule has 0 aliphatic carbocycles. The van der Waals surface area contributed by atoms with Crippen LogP contribution in [-0.4, -0.2) is 30.2 Å². The maximum Gasteiger partial charge on any atom is 0.256 e. The standard InChI is InChI=1S/C14H14N4OS/c1-18(2)10-5-3-9(4-6-10)13(19)15-12-11-7-8-20-14(11)17-16-12/h3-8H,1-2H3,(H2,15,16,17,19). The van der Waals surface area contributed by atoms with E-state index in [4.69, 9.17) is 0 Å². The van der Waals surface area contributed by atoms with Crippen molar-refractivity contribution in [3.05, 3.63) is 41.3 Å². The van der Waals surface area contributed by atoms with Crippen LogP contribution in [0.1, 0.15) is 10.4 Å². The van der Waals surface area contributed by atoms with Crippen molar-refractivity contribution in [2.24, 2.45) is 0 Å². The molecule has 20 heavy (non-hydrogen) atoms. The first-order valence-electron chi connectivity index (χ1n) is 6.15. The van der Waals surface area contributed by atoms with Crippen LogP contribution < -0.4 is 10.2 Å². The van der Waals surface area contributed by atoms with Gasteiger partial charge in [0.25, 0.3) is 5.91 Å². The van der Waals surface area contributed by atoms with E-state index in [9.17, 15) is 4.79 Å². The number of aromatic amines is 1. The zero-order valence-electron chi connectivity index (χ0n) is 11.2. The second-order valence-electron chi connectivity index (χ2n) is 4.63. The van der Waals surface area contributed by atoms with Crippen molar-refractivity contribution < 1.29 is 4.79 Å². The minimum atomic E-state index is -0.146. The Balaban J connectivity index is 1.81. The molecule has 3 rings (SSSR count). The third kappa shape index (κ3) is 2.25. The number of hydrogen-bond donors (Lipinski definition) is 2. The molecule has 2 heterocycles. The monoisotopic (exact) mass is 286 g/mol. The summed E-state index contributed by atoms with van der Waals surface area (Å²) in [5, 5.41) is 12.7. The number of rotatable bonds is 3. The van der Waals surface area contributed by atoms with Gasteiger partial charge in [0.2, 0.25) is 0 Å². The van der Waals surface area contributed by atoms with Crippen LogP contribution in [0.5, 0.6) is 0 Å². The van der Waals surface area contributed by atoms with Gasteiger partial charge < -0.3 is 10.2 Å². The van der Waals surface area contributed by atoms with Crippen LogP contribution in [0.3, 0.4) is 0 Å². The topological polar surface area (TPSA) is 61.0 Å². The fourth-order valence-corrected chi connectivity index (χ4v) is 2.67. The summed E-state index contributed by atoms with van der Waals surface area (Å²) < 4.78 is 0. The van der Waals surface area contributed by atoms with E-state index >= 15 is 0 Å². The highest BCUT2D eigenvalue weighted by Crippen LogP contribution is 2.25. The summed E-state index contributed by atoms with van der Waals surface area (Å²) in [6, 6.07) is 9.40. The highest BCUT2D eigenvalue weighted by Gasteiger charge is 2.11. The molecule has 102 valence electrons. The van der Waals surface area contributed by atoms with E-state index in [0.29, 0.717) is 11.4 Å².